The second-order valence-electron chi connectivity index (χ2n) is 8.02. The van der Waals surface area contributed by atoms with Crippen LogP contribution in [0.25, 0.3) is 0 Å². The Labute approximate surface area is 217 Å². The molecule has 0 fully saturated rings. The van der Waals surface area contributed by atoms with Crippen molar-refractivity contribution in [3.05, 3.63) is 98.6 Å². The predicted octanol–water partition coefficient (Wildman–Crippen LogP) is 6.77. The molecule has 35 heavy (non-hydrogen) atoms. The quantitative estimate of drug-likeness (QED) is 0.217. The van der Waals surface area contributed by atoms with Gasteiger partial charge in [-0.05, 0) is 60.0 Å². The van der Waals surface area contributed by atoms with Crippen LogP contribution in [0, 0.1) is 0 Å². The Kier molecular flexibility index (Phi) is 7.17. The minimum absolute atomic E-state index is 0.0936. The lowest BCUT2D eigenvalue weighted by Crippen LogP contribution is -2.32. The lowest BCUT2D eigenvalue weighted by Gasteiger charge is -2.16. The summed E-state index contributed by atoms with van der Waals surface area (Å²) < 4.78 is 5.58. The van der Waals surface area contributed by atoms with Crippen LogP contribution in [0.2, 0.25) is 10.0 Å². The van der Waals surface area contributed by atoms with Crippen molar-refractivity contribution in [2.45, 2.75) is 19.8 Å². The van der Waals surface area contributed by atoms with Crippen LogP contribution in [0.5, 0.6) is 5.75 Å². The number of para-hydroxylation sites is 1. The summed E-state index contributed by atoms with van der Waals surface area (Å²) in [5, 5.41) is 3.08. The molecule has 0 saturated heterocycles. The molecular formula is C26H19Cl3N2O4. The first-order valence-corrected chi connectivity index (χ1v) is 11.7. The Morgan fingerprint density at radius 1 is 0.886 bits per heavy atom. The number of benzene rings is 3. The number of halogens is 3. The smallest absolute Gasteiger partial charge is 0.343 e. The number of hydrogen-bond acceptors (Lipinski definition) is 5. The molecule has 0 aromatic heterocycles. The summed E-state index contributed by atoms with van der Waals surface area (Å²) in [7, 11) is 0. The average Bonchev–Trinajstić information content (AvgIpc) is 3.04. The minimum atomic E-state index is -0.693. The molecule has 0 atom stereocenters. The number of ether oxygens (including phenoxy) is 1. The minimum Gasteiger partial charge on any atom is -0.423 e. The van der Waals surface area contributed by atoms with Gasteiger partial charge in [0, 0.05) is 5.69 Å². The molecule has 1 N–H and O–H groups in total. The first kappa shape index (κ1) is 24.8. The van der Waals surface area contributed by atoms with Crippen LogP contribution in [0.15, 0.2) is 77.5 Å². The van der Waals surface area contributed by atoms with E-state index in [1.165, 1.54) is 18.2 Å². The lowest BCUT2D eigenvalue weighted by atomic mass is 10.0. The Hall–Kier alpha value is -3.32. The second-order valence-corrected chi connectivity index (χ2v) is 9.21. The molecule has 6 nitrogen and oxygen atoms in total. The highest BCUT2D eigenvalue weighted by Gasteiger charge is 2.39. The monoisotopic (exact) mass is 528 g/mol. The number of nitrogens with one attached hydrogen (secondary N) is 1. The summed E-state index contributed by atoms with van der Waals surface area (Å²) in [4.78, 5) is 39.1. The fourth-order valence-corrected chi connectivity index (χ4v) is 4.02. The van der Waals surface area contributed by atoms with Crippen molar-refractivity contribution >= 4 is 64.0 Å². The van der Waals surface area contributed by atoms with E-state index >= 15 is 0 Å². The summed E-state index contributed by atoms with van der Waals surface area (Å²) >= 11 is 18.1. The molecule has 0 aliphatic carbocycles. The van der Waals surface area contributed by atoms with Crippen molar-refractivity contribution in [3.8, 4) is 5.75 Å². The van der Waals surface area contributed by atoms with Gasteiger partial charge in [-0.15, -0.1) is 0 Å². The highest BCUT2D eigenvalue weighted by Crippen LogP contribution is 2.34. The maximum Gasteiger partial charge on any atom is 0.343 e. The number of hydrogen-bond donors (Lipinski definition) is 1. The summed E-state index contributed by atoms with van der Waals surface area (Å²) in [5.74, 6) is -1.16. The maximum absolute atomic E-state index is 12.9. The van der Waals surface area contributed by atoms with E-state index in [9.17, 15) is 14.4 Å². The van der Waals surface area contributed by atoms with E-state index in [1.54, 1.807) is 36.4 Å². The second kappa shape index (κ2) is 10.1. The van der Waals surface area contributed by atoms with E-state index in [0.29, 0.717) is 22.0 Å². The molecule has 3 aromatic carbocycles. The van der Waals surface area contributed by atoms with Crippen LogP contribution in [0.4, 0.5) is 11.4 Å². The largest absolute Gasteiger partial charge is 0.423 e. The van der Waals surface area contributed by atoms with Crippen LogP contribution >= 0.6 is 34.8 Å². The summed E-state index contributed by atoms with van der Waals surface area (Å²) in [6.07, 6.45) is 0. The fraction of sp³-hybridized carbons (Fsp3) is 0.115. The first-order chi connectivity index (χ1) is 16.7. The summed E-state index contributed by atoms with van der Waals surface area (Å²) in [6.45, 7) is 4.04. The zero-order valence-corrected chi connectivity index (χ0v) is 20.9. The van der Waals surface area contributed by atoms with Crippen LogP contribution in [-0.2, 0) is 9.59 Å². The highest BCUT2D eigenvalue weighted by atomic mass is 35.5. The Morgan fingerprint density at radius 3 is 2.23 bits per heavy atom. The maximum atomic E-state index is 12.9. The van der Waals surface area contributed by atoms with Gasteiger partial charge in [-0.1, -0.05) is 66.8 Å². The zero-order chi connectivity index (χ0) is 25.3. The normalized spacial score (nSPS) is 13.6. The predicted molar refractivity (Wildman–Crippen MR) is 137 cm³/mol. The lowest BCUT2D eigenvalue weighted by molar-refractivity contribution is -0.120. The number of anilines is 2. The third-order valence-electron chi connectivity index (χ3n) is 5.32. The van der Waals surface area contributed by atoms with Gasteiger partial charge >= 0.3 is 5.97 Å². The molecule has 2 amide bonds. The molecule has 4 rings (SSSR count). The molecule has 0 saturated carbocycles. The number of carbonyl (C=O) groups is 3. The van der Waals surface area contributed by atoms with E-state index < -0.39 is 17.8 Å². The van der Waals surface area contributed by atoms with Gasteiger partial charge in [-0.2, -0.15) is 0 Å². The van der Waals surface area contributed by atoms with Crippen molar-refractivity contribution in [2.75, 3.05) is 10.2 Å². The molecule has 3 aromatic rings. The molecule has 1 aliphatic heterocycles. The van der Waals surface area contributed by atoms with Gasteiger partial charge in [0.2, 0.25) is 0 Å². The van der Waals surface area contributed by atoms with E-state index in [1.807, 2.05) is 26.0 Å². The van der Waals surface area contributed by atoms with Crippen molar-refractivity contribution in [2.24, 2.45) is 0 Å². The van der Waals surface area contributed by atoms with Crippen molar-refractivity contribution in [1.82, 2.24) is 0 Å². The van der Waals surface area contributed by atoms with Gasteiger partial charge in [0.1, 0.15) is 16.5 Å². The molecule has 0 radical (unpaired) electrons. The molecule has 1 aliphatic rings. The molecule has 0 bridgehead atoms. The van der Waals surface area contributed by atoms with Gasteiger partial charge in [-0.3, -0.25) is 9.59 Å². The number of carbonyl (C=O) groups excluding carboxylic acids is 3. The first-order valence-electron chi connectivity index (χ1n) is 10.6. The van der Waals surface area contributed by atoms with Gasteiger partial charge in [0.15, 0.2) is 0 Å². The zero-order valence-electron chi connectivity index (χ0n) is 18.6. The molecule has 0 unspecified atom stereocenters. The van der Waals surface area contributed by atoms with Gasteiger partial charge in [0.25, 0.3) is 11.8 Å². The fourth-order valence-electron chi connectivity index (χ4n) is 3.51. The number of nitrogens with zero attached hydrogens (tertiary/aromatic N) is 1. The molecule has 1 heterocycles. The SMILES string of the molecule is CC(C)c1ccccc1OC(=O)c1ccc(NC2=C(Cl)C(=O)N(c3ccc(Cl)c(Cl)c3)C2=O)cc1. The van der Waals surface area contributed by atoms with Gasteiger partial charge in [-0.25, -0.2) is 9.69 Å². The number of amides is 2. The Morgan fingerprint density at radius 2 is 1.57 bits per heavy atom. The summed E-state index contributed by atoms with van der Waals surface area (Å²) in [5.41, 5.74) is 1.85. The highest BCUT2D eigenvalue weighted by molar-refractivity contribution is 6.53. The number of esters is 1. The van der Waals surface area contributed by atoms with Crippen molar-refractivity contribution < 1.29 is 19.1 Å². The number of imide groups is 1. The van der Waals surface area contributed by atoms with Crippen LogP contribution < -0.4 is 15.0 Å². The molecular weight excluding hydrogens is 511 g/mol. The van der Waals surface area contributed by atoms with Crippen molar-refractivity contribution in [1.29, 1.82) is 0 Å². The van der Waals surface area contributed by atoms with E-state index in [0.717, 1.165) is 10.5 Å². The third-order valence-corrected chi connectivity index (χ3v) is 6.41. The topological polar surface area (TPSA) is 75.7 Å². The summed E-state index contributed by atoms with van der Waals surface area (Å²) in [6, 6.07) is 18.0. The van der Waals surface area contributed by atoms with E-state index in [-0.39, 0.29) is 27.4 Å². The van der Waals surface area contributed by atoms with Crippen molar-refractivity contribution in [3.63, 3.8) is 0 Å². The average molecular weight is 530 g/mol. The third kappa shape index (κ3) is 5.05. The van der Waals surface area contributed by atoms with Crippen LogP contribution in [-0.4, -0.2) is 17.8 Å². The van der Waals surface area contributed by atoms with Crippen LogP contribution in [0.1, 0.15) is 35.7 Å². The standard InChI is InChI=1S/C26H19Cl3N2O4/c1-14(2)18-5-3-4-6-21(18)35-26(34)15-7-9-16(10-8-15)30-23-22(29)24(32)31(25(23)33)17-11-12-19(27)20(28)13-17/h3-14,30H,1-2H3. The van der Waals surface area contributed by atoms with Gasteiger partial charge < -0.3 is 10.1 Å². The Balaban J connectivity index is 1.49. The van der Waals surface area contributed by atoms with Gasteiger partial charge in [0.05, 0.1) is 21.3 Å². The molecule has 178 valence electrons. The van der Waals surface area contributed by atoms with Crippen LogP contribution in [0.3, 0.4) is 0 Å². The molecule has 9 heteroatoms. The number of rotatable bonds is 6. The molecule has 0 spiro atoms. The van der Waals surface area contributed by atoms with E-state index in [4.69, 9.17) is 39.5 Å². The van der Waals surface area contributed by atoms with E-state index in [2.05, 4.69) is 5.32 Å². The Bertz CT molecular complexity index is 1370.